The van der Waals surface area contributed by atoms with Crippen LogP contribution in [0.3, 0.4) is 0 Å². The molecular weight excluding hydrogens is 178 g/mol. The zero-order chi connectivity index (χ0) is 10.8. The topological polar surface area (TPSA) is 58.4 Å². The number of hydrogen-bond donors (Lipinski definition) is 2. The van der Waals surface area contributed by atoms with Crippen LogP contribution in [-0.2, 0) is 0 Å². The first kappa shape index (κ1) is 13.2. The van der Waals surface area contributed by atoms with Crippen molar-refractivity contribution in [1.82, 2.24) is 10.2 Å². The maximum atomic E-state index is 11.3. The van der Waals surface area contributed by atoms with Crippen LogP contribution in [0.1, 0.15) is 32.6 Å². The summed E-state index contributed by atoms with van der Waals surface area (Å²) >= 11 is 0. The Morgan fingerprint density at radius 3 is 2.50 bits per heavy atom. The van der Waals surface area contributed by atoms with Crippen molar-refractivity contribution in [2.24, 2.45) is 5.73 Å². The van der Waals surface area contributed by atoms with Gasteiger partial charge in [0.2, 0.25) is 0 Å². The number of carbonyl (C=O) groups is 1. The molecule has 2 amide bonds. The number of urea groups is 1. The molecule has 0 unspecified atom stereocenters. The first-order valence-corrected chi connectivity index (χ1v) is 5.41. The summed E-state index contributed by atoms with van der Waals surface area (Å²) in [5.41, 5.74) is 5.37. The maximum absolute atomic E-state index is 11.3. The number of nitrogens with two attached hydrogens (primary N) is 1. The van der Waals surface area contributed by atoms with Gasteiger partial charge in [0, 0.05) is 20.1 Å². The van der Waals surface area contributed by atoms with Crippen LogP contribution >= 0.6 is 0 Å². The number of unbranched alkanes of at least 4 members (excludes halogenated alkanes) is 3. The molecule has 4 nitrogen and oxygen atoms in total. The van der Waals surface area contributed by atoms with Crippen LogP contribution in [0, 0.1) is 0 Å². The van der Waals surface area contributed by atoms with Gasteiger partial charge >= 0.3 is 6.03 Å². The monoisotopic (exact) mass is 201 g/mol. The van der Waals surface area contributed by atoms with Crippen LogP contribution < -0.4 is 11.1 Å². The molecule has 0 fully saturated rings. The fourth-order valence-electron chi connectivity index (χ4n) is 1.10. The molecule has 3 N–H and O–H groups in total. The molecule has 14 heavy (non-hydrogen) atoms. The Kier molecular flexibility index (Phi) is 8.33. The first-order valence-electron chi connectivity index (χ1n) is 5.41. The van der Waals surface area contributed by atoms with Crippen molar-refractivity contribution in [2.45, 2.75) is 32.6 Å². The molecule has 0 aromatic heterocycles. The van der Waals surface area contributed by atoms with Gasteiger partial charge in [-0.1, -0.05) is 12.8 Å². The molecule has 0 aliphatic rings. The molecule has 0 radical (unpaired) electrons. The van der Waals surface area contributed by atoms with Crippen LogP contribution in [0.25, 0.3) is 0 Å². The largest absolute Gasteiger partial charge is 0.338 e. The predicted molar refractivity (Wildman–Crippen MR) is 59.2 cm³/mol. The Morgan fingerprint density at radius 1 is 1.29 bits per heavy atom. The Morgan fingerprint density at radius 2 is 1.93 bits per heavy atom. The van der Waals surface area contributed by atoms with E-state index in [1.807, 2.05) is 6.92 Å². The Bertz CT molecular complexity index is 150. The van der Waals surface area contributed by atoms with E-state index < -0.39 is 0 Å². The van der Waals surface area contributed by atoms with Gasteiger partial charge in [0.05, 0.1) is 0 Å². The average Bonchev–Trinajstić information content (AvgIpc) is 2.21. The lowest BCUT2D eigenvalue weighted by Crippen LogP contribution is -2.37. The number of nitrogens with one attached hydrogen (secondary N) is 1. The van der Waals surface area contributed by atoms with Gasteiger partial charge in [-0.2, -0.15) is 0 Å². The van der Waals surface area contributed by atoms with Crippen LogP contribution in [0.4, 0.5) is 4.79 Å². The normalized spacial score (nSPS) is 9.93. The SMILES string of the molecule is CCN(C)C(=O)NCCCCCCN. The van der Waals surface area contributed by atoms with Crippen LogP contribution in [0.15, 0.2) is 0 Å². The highest BCUT2D eigenvalue weighted by atomic mass is 16.2. The zero-order valence-corrected chi connectivity index (χ0v) is 9.38. The molecule has 0 aromatic carbocycles. The van der Waals surface area contributed by atoms with Crippen molar-refractivity contribution in [2.75, 3.05) is 26.7 Å². The third kappa shape index (κ3) is 6.71. The molecule has 0 aliphatic carbocycles. The second-order valence-corrected chi connectivity index (χ2v) is 3.45. The molecule has 0 spiro atoms. The smallest absolute Gasteiger partial charge is 0.317 e. The molecular formula is C10H23N3O. The minimum Gasteiger partial charge on any atom is -0.338 e. The second kappa shape index (κ2) is 8.81. The van der Waals surface area contributed by atoms with Crippen molar-refractivity contribution in [1.29, 1.82) is 0 Å². The predicted octanol–water partition coefficient (Wildman–Crippen LogP) is 1.17. The lowest BCUT2D eigenvalue weighted by atomic mass is 10.2. The number of nitrogens with zero attached hydrogens (tertiary/aromatic N) is 1. The summed E-state index contributed by atoms with van der Waals surface area (Å²) in [6, 6.07) is 0.0197. The number of hydrogen-bond acceptors (Lipinski definition) is 2. The van der Waals surface area contributed by atoms with E-state index >= 15 is 0 Å². The standard InChI is InChI=1S/C10H23N3O/c1-3-13(2)10(14)12-9-7-5-4-6-8-11/h3-9,11H2,1-2H3,(H,12,14). The molecule has 0 saturated carbocycles. The van der Waals surface area contributed by atoms with Gasteiger partial charge < -0.3 is 16.0 Å². The van der Waals surface area contributed by atoms with Gasteiger partial charge in [-0.25, -0.2) is 4.79 Å². The molecule has 0 aromatic rings. The molecule has 0 bridgehead atoms. The highest BCUT2D eigenvalue weighted by Crippen LogP contribution is 1.97. The van der Waals surface area contributed by atoms with Crippen molar-refractivity contribution >= 4 is 6.03 Å². The number of rotatable bonds is 7. The van der Waals surface area contributed by atoms with Gasteiger partial charge in [0.15, 0.2) is 0 Å². The van der Waals surface area contributed by atoms with E-state index in [0.29, 0.717) is 0 Å². The van der Waals surface area contributed by atoms with Crippen molar-refractivity contribution in [3.8, 4) is 0 Å². The Labute approximate surface area is 86.8 Å². The quantitative estimate of drug-likeness (QED) is 0.607. The van der Waals surface area contributed by atoms with Gasteiger partial charge in [0.1, 0.15) is 0 Å². The Hall–Kier alpha value is -0.770. The number of amides is 2. The van der Waals surface area contributed by atoms with E-state index in [-0.39, 0.29) is 6.03 Å². The number of carbonyl (C=O) groups excluding carboxylic acids is 1. The summed E-state index contributed by atoms with van der Waals surface area (Å²) < 4.78 is 0. The van der Waals surface area contributed by atoms with Gasteiger partial charge in [-0.15, -0.1) is 0 Å². The second-order valence-electron chi connectivity index (χ2n) is 3.45. The third-order valence-electron chi connectivity index (χ3n) is 2.23. The summed E-state index contributed by atoms with van der Waals surface area (Å²) in [6.07, 6.45) is 4.44. The van der Waals surface area contributed by atoms with Crippen molar-refractivity contribution < 1.29 is 4.79 Å². The summed E-state index contributed by atoms with van der Waals surface area (Å²) in [7, 11) is 1.80. The fourth-order valence-corrected chi connectivity index (χ4v) is 1.10. The lowest BCUT2D eigenvalue weighted by Gasteiger charge is -2.15. The van der Waals surface area contributed by atoms with E-state index in [2.05, 4.69) is 5.32 Å². The molecule has 0 heterocycles. The Balaban J connectivity index is 3.23. The lowest BCUT2D eigenvalue weighted by molar-refractivity contribution is 0.211. The summed E-state index contributed by atoms with van der Waals surface area (Å²) in [6.45, 7) is 4.25. The third-order valence-corrected chi connectivity index (χ3v) is 2.23. The average molecular weight is 201 g/mol. The van der Waals surface area contributed by atoms with Gasteiger partial charge in [-0.3, -0.25) is 0 Å². The fraction of sp³-hybridized carbons (Fsp3) is 0.900. The van der Waals surface area contributed by atoms with Crippen LogP contribution in [0.2, 0.25) is 0 Å². The molecule has 0 rings (SSSR count). The summed E-state index contributed by atoms with van der Waals surface area (Å²) in [5, 5.41) is 2.87. The van der Waals surface area contributed by atoms with E-state index in [1.54, 1.807) is 11.9 Å². The molecule has 4 heteroatoms. The molecule has 0 saturated heterocycles. The molecule has 0 atom stereocenters. The van der Waals surface area contributed by atoms with Crippen molar-refractivity contribution in [3.63, 3.8) is 0 Å². The minimum absolute atomic E-state index is 0.0197. The van der Waals surface area contributed by atoms with Crippen molar-refractivity contribution in [3.05, 3.63) is 0 Å². The minimum atomic E-state index is 0.0197. The van der Waals surface area contributed by atoms with Gasteiger partial charge in [0.25, 0.3) is 0 Å². The van der Waals surface area contributed by atoms with Crippen LogP contribution in [-0.4, -0.2) is 37.6 Å². The van der Waals surface area contributed by atoms with E-state index in [1.165, 1.54) is 0 Å². The highest BCUT2D eigenvalue weighted by Gasteiger charge is 2.03. The first-order chi connectivity index (χ1) is 6.72. The van der Waals surface area contributed by atoms with Gasteiger partial charge in [-0.05, 0) is 26.3 Å². The van der Waals surface area contributed by atoms with E-state index in [0.717, 1.165) is 45.3 Å². The summed E-state index contributed by atoms with van der Waals surface area (Å²) in [5.74, 6) is 0. The van der Waals surface area contributed by atoms with E-state index in [9.17, 15) is 4.79 Å². The highest BCUT2D eigenvalue weighted by molar-refractivity contribution is 5.73. The molecule has 0 aliphatic heterocycles. The molecule has 84 valence electrons. The summed E-state index contributed by atoms with van der Waals surface area (Å²) in [4.78, 5) is 12.9. The van der Waals surface area contributed by atoms with E-state index in [4.69, 9.17) is 5.73 Å². The maximum Gasteiger partial charge on any atom is 0.317 e. The zero-order valence-electron chi connectivity index (χ0n) is 9.38. The van der Waals surface area contributed by atoms with Crippen LogP contribution in [0.5, 0.6) is 0 Å².